The number of hydrogen-bond donors (Lipinski definition) is 1. The third-order valence-electron chi connectivity index (χ3n) is 4.58. The first kappa shape index (κ1) is 17.6. The van der Waals surface area contributed by atoms with Crippen molar-refractivity contribution in [2.24, 2.45) is 0 Å². The summed E-state index contributed by atoms with van der Waals surface area (Å²) in [6.07, 6.45) is 0. The molecule has 2 aromatic heterocycles. The molecule has 0 bridgehead atoms. The fourth-order valence-electron chi connectivity index (χ4n) is 3.12. The molecule has 0 saturated carbocycles. The van der Waals surface area contributed by atoms with Crippen LogP contribution in [0.2, 0.25) is 0 Å². The van der Waals surface area contributed by atoms with E-state index in [4.69, 9.17) is 0 Å². The van der Waals surface area contributed by atoms with Crippen molar-refractivity contribution in [3.63, 3.8) is 0 Å². The topological polar surface area (TPSA) is 61.4 Å². The normalized spacial score (nSPS) is 14.9. The molecule has 6 nitrogen and oxygen atoms in total. The first-order valence-corrected chi connectivity index (χ1v) is 9.86. The fraction of sp³-hybridized carbons (Fsp3) is 0.250. The minimum absolute atomic E-state index is 0.151. The van der Waals surface area contributed by atoms with Crippen LogP contribution in [0.1, 0.15) is 15.2 Å². The molecule has 1 aromatic carbocycles. The summed E-state index contributed by atoms with van der Waals surface area (Å²) in [4.78, 5) is 17.4. The quantitative estimate of drug-likeness (QED) is 0.738. The van der Waals surface area contributed by atoms with Gasteiger partial charge in [-0.1, -0.05) is 36.4 Å². The first-order chi connectivity index (χ1) is 13.3. The maximum absolute atomic E-state index is 12.1. The van der Waals surface area contributed by atoms with Gasteiger partial charge in [0.1, 0.15) is 0 Å². The predicted octanol–water partition coefficient (Wildman–Crippen LogP) is 3.11. The number of amides is 1. The standard InChI is InChI=1S/C20H21N5OS/c26-20(17-7-4-14-27-17)21-18-8-9-19(23-22-18)25-12-10-24(11-13-25)15-16-5-2-1-3-6-16/h1-9,14H,10-13,15H2,(H,21,22,26). The SMILES string of the molecule is O=C(Nc1ccc(N2CCN(Cc3ccccc3)CC2)nn1)c1cccs1. The van der Waals surface area contributed by atoms with Crippen LogP contribution in [0.25, 0.3) is 0 Å². The number of aromatic nitrogens is 2. The number of piperazine rings is 1. The van der Waals surface area contributed by atoms with Crippen LogP contribution >= 0.6 is 11.3 Å². The van der Waals surface area contributed by atoms with Gasteiger partial charge in [0, 0.05) is 32.7 Å². The van der Waals surface area contributed by atoms with E-state index in [-0.39, 0.29) is 5.91 Å². The molecule has 3 heterocycles. The van der Waals surface area contributed by atoms with E-state index in [1.54, 1.807) is 6.07 Å². The van der Waals surface area contributed by atoms with Crippen molar-refractivity contribution in [3.05, 3.63) is 70.4 Å². The lowest BCUT2D eigenvalue weighted by atomic mass is 10.2. The van der Waals surface area contributed by atoms with Gasteiger partial charge in [-0.3, -0.25) is 9.69 Å². The number of anilines is 2. The zero-order valence-corrected chi connectivity index (χ0v) is 15.7. The van der Waals surface area contributed by atoms with Crippen LogP contribution in [0, 0.1) is 0 Å². The van der Waals surface area contributed by atoms with E-state index in [0.29, 0.717) is 10.7 Å². The Morgan fingerprint density at radius 3 is 2.44 bits per heavy atom. The number of nitrogens with zero attached hydrogens (tertiary/aromatic N) is 4. The Morgan fingerprint density at radius 1 is 0.963 bits per heavy atom. The number of benzene rings is 1. The molecule has 0 atom stereocenters. The smallest absolute Gasteiger partial charge is 0.266 e. The van der Waals surface area contributed by atoms with Crippen LogP contribution in [0.3, 0.4) is 0 Å². The lowest BCUT2D eigenvalue weighted by molar-refractivity contribution is 0.103. The third kappa shape index (κ3) is 4.50. The van der Waals surface area contributed by atoms with Crippen molar-refractivity contribution in [1.29, 1.82) is 0 Å². The number of hydrogen-bond acceptors (Lipinski definition) is 6. The maximum atomic E-state index is 12.1. The summed E-state index contributed by atoms with van der Waals surface area (Å²) < 4.78 is 0. The molecule has 1 saturated heterocycles. The van der Waals surface area contributed by atoms with Gasteiger partial charge in [0.25, 0.3) is 5.91 Å². The van der Waals surface area contributed by atoms with Crippen LogP contribution in [-0.2, 0) is 6.54 Å². The molecule has 1 N–H and O–H groups in total. The summed E-state index contributed by atoms with van der Waals surface area (Å²) in [5, 5.41) is 13.1. The molecule has 1 amide bonds. The minimum atomic E-state index is -0.151. The lowest BCUT2D eigenvalue weighted by Crippen LogP contribution is -2.46. The molecule has 27 heavy (non-hydrogen) atoms. The molecule has 1 aliphatic rings. The highest BCUT2D eigenvalue weighted by atomic mass is 32.1. The minimum Gasteiger partial charge on any atom is -0.353 e. The number of nitrogens with one attached hydrogen (secondary N) is 1. The highest BCUT2D eigenvalue weighted by molar-refractivity contribution is 7.12. The zero-order chi connectivity index (χ0) is 18.5. The molecule has 0 unspecified atom stereocenters. The van der Waals surface area contributed by atoms with E-state index in [2.05, 4.69) is 49.6 Å². The Morgan fingerprint density at radius 2 is 1.78 bits per heavy atom. The van der Waals surface area contributed by atoms with Gasteiger partial charge >= 0.3 is 0 Å². The van der Waals surface area contributed by atoms with Gasteiger partial charge in [0.05, 0.1) is 4.88 Å². The van der Waals surface area contributed by atoms with Crippen LogP contribution in [0.5, 0.6) is 0 Å². The Labute approximate surface area is 162 Å². The summed E-state index contributed by atoms with van der Waals surface area (Å²) in [6.45, 7) is 4.81. The second-order valence-corrected chi connectivity index (χ2v) is 7.40. The number of thiophene rings is 1. The summed E-state index contributed by atoms with van der Waals surface area (Å²) in [5.41, 5.74) is 1.34. The third-order valence-corrected chi connectivity index (χ3v) is 5.45. The molecule has 4 rings (SSSR count). The molecule has 1 fully saturated rings. The molecule has 3 aromatic rings. The van der Waals surface area contributed by atoms with Crippen molar-refractivity contribution >= 4 is 28.9 Å². The van der Waals surface area contributed by atoms with E-state index in [0.717, 1.165) is 38.5 Å². The molecular weight excluding hydrogens is 358 g/mol. The second-order valence-electron chi connectivity index (χ2n) is 6.46. The molecule has 1 aliphatic heterocycles. The van der Waals surface area contributed by atoms with Crippen molar-refractivity contribution in [2.45, 2.75) is 6.54 Å². The van der Waals surface area contributed by atoms with Gasteiger partial charge in [-0.05, 0) is 29.1 Å². The number of rotatable bonds is 5. The van der Waals surface area contributed by atoms with Crippen molar-refractivity contribution in [1.82, 2.24) is 15.1 Å². The second kappa shape index (κ2) is 8.28. The van der Waals surface area contributed by atoms with Crippen LogP contribution in [-0.4, -0.2) is 47.2 Å². The molecule has 0 aliphatic carbocycles. The Hall–Kier alpha value is -2.77. The highest BCUT2D eigenvalue weighted by Crippen LogP contribution is 2.17. The summed E-state index contributed by atoms with van der Waals surface area (Å²) in [7, 11) is 0. The van der Waals surface area contributed by atoms with Gasteiger partial charge in [0.15, 0.2) is 11.6 Å². The monoisotopic (exact) mass is 379 g/mol. The number of carbonyl (C=O) groups excluding carboxylic acids is 1. The summed E-state index contributed by atoms with van der Waals surface area (Å²) in [5.74, 6) is 1.17. The van der Waals surface area contributed by atoms with Gasteiger partial charge < -0.3 is 10.2 Å². The molecule has 0 spiro atoms. The molecule has 138 valence electrons. The van der Waals surface area contributed by atoms with Gasteiger partial charge in [-0.2, -0.15) is 0 Å². The van der Waals surface area contributed by atoms with E-state index < -0.39 is 0 Å². The lowest BCUT2D eigenvalue weighted by Gasteiger charge is -2.35. The maximum Gasteiger partial charge on any atom is 0.266 e. The summed E-state index contributed by atoms with van der Waals surface area (Å²) >= 11 is 1.40. The first-order valence-electron chi connectivity index (χ1n) is 8.98. The van der Waals surface area contributed by atoms with E-state index in [9.17, 15) is 4.79 Å². The molecule has 0 radical (unpaired) electrons. The van der Waals surface area contributed by atoms with Gasteiger partial charge in [0.2, 0.25) is 0 Å². The van der Waals surface area contributed by atoms with Crippen LogP contribution < -0.4 is 10.2 Å². The Balaban J connectivity index is 1.30. The highest BCUT2D eigenvalue weighted by Gasteiger charge is 2.18. The van der Waals surface area contributed by atoms with E-state index >= 15 is 0 Å². The fourth-order valence-corrected chi connectivity index (χ4v) is 3.74. The predicted molar refractivity (Wildman–Crippen MR) is 108 cm³/mol. The van der Waals surface area contributed by atoms with Crippen LogP contribution in [0.4, 0.5) is 11.6 Å². The van der Waals surface area contributed by atoms with E-state index in [1.807, 2.05) is 29.6 Å². The van der Waals surface area contributed by atoms with Crippen LogP contribution in [0.15, 0.2) is 60.0 Å². The number of carbonyl (C=O) groups is 1. The van der Waals surface area contributed by atoms with Crippen molar-refractivity contribution < 1.29 is 4.79 Å². The largest absolute Gasteiger partial charge is 0.353 e. The Bertz CT molecular complexity index is 859. The van der Waals surface area contributed by atoms with Crippen molar-refractivity contribution in [2.75, 3.05) is 36.4 Å². The van der Waals surface area contributed by atoms with Gasteiger partial charge in [-0.15, -0.1) is 21.5 Å². The Kier molecular flexibility index (Phi) is 5.41. The average Bonchev–Trinajstić information content (AvgIpc) is 3.25. The van der Waals surface area contributed by atoms with E-state index in [1.165, 1.54) is 16.9 Å². The average molecular weight is 379 g/mol. The van der Waals surface area contributed by atoms with Gasteiger partial charge in [-0.25, -0.2) is 0 Å². The zero-order valence-electron chi connectivity index (χ0n) is 14.9. The molecular formula is C20H21N5OS. The van der Waals surface area contributed by atoms with Crippen molar-refractivity contribution in [3.8, 4) is 0 Å². The summed E-state index contributed by atoms with van der Waals surface area (Å²) in [6, 6.07) is 17.9. The molecule has 7 heteroatoms.